The summed E-state index contributed by atoms with van der Waals surface area (Å²) in [6.45, 7) is 0. The first kappa shape index (κ1) is 16.1. The highest BCUT2D eigenvalue weighted by atomic mass is 15.3. The smallest absolute Gasteiger partial charge is 0.229 e. The van der Waals surface area contributed by atoms with Crippen molar-refractivity contribution in [3.05, 3.63) is 84.2 Å². The highest BCUT2D eigenvalue weighted by Crippen LogP contribution is 2.39. The van der Waals surface area contributed by atoms with Crippen molar-refractivity contribution < 1.29 is 0 Å². The molecule has 1 aliphatic rings. The maximum Gasteiger partial charge on any atom is 0.229 e. The van der Waals surface area contributed by atoms with E-state index in [1.54, 1.807) is 0 Å². The second-order valence-electron chi connectivity index (χ2n) is 7.39. The highest BCUT2D eigenvalue weighted by Gasteiger charge is 2.27. The number of nitrogen functional groups attached to an aromatic ring is 1. The molecular formula is C23H18N6. The summed E-state index contributed by atoms with van der Waals surface area (Å²) in [4.78, 5) is 9.21. The highest BCUT2D eigenvalue weighted by molar-refractivity contribution is 5.91. The molecule has 0 aliphatic heterocycles. The Morgan fingerprint density at radius 1 is 0.931 bits per heavy atom. The van der Waals surface area contributed by atoms with Gasteiger partial charge in [-0.15, -0.1) is 0 Å². The number of nitrogens with one attached hydrogen (secondary N) is 1. The van der Waals surface area contributed by atoms with Crippen LogP contribution in [0.1, 0.15) is 17.2 Å². The second-order valence-corrected chi connectivity index (χ2v) is 7.39. The lowest BCUT2D eigenvalue weighted by Crippen LogP contribution is -2.12. The molecule has 1 atom stereocenters. The SMILES string of the molecule is Nc1ccc(Nc2ncc3cnn([C@H]4Cc5cccc6cccc4c56)c3n2)cc1. The Bertz CT molecular complexity index is 1360. The lowest BCUT2D eigenvalue weighted by Gasteiger charge is -2.14. The van der Waals surface area contributed by atoms with Gasteiger partial charge in [0, 0.05) is 17.6 Å². The van der Waals surface area contributed by atoms with Crippen molar-refractivity contribution in [2.75, 3.05) is 11.1 Å². The van der Waals surface area contributed by atoms with Gasteiger partial charge in [0.2, 0.25) is 5.95 Å². The number of nitrogens with zero attached hydrogens (tertiary/aromatic N) is 4. The van der Waals surface area contributed by atoms with Gasteiger partial charge in [-0.25, -0.2) is 9.67 Å². The van der Waals surface area contributed by atoms with Crippen LogP contribution in [-0.2, 0) is 6.42 Å². The van der Waals surface area contributed by atoms with Gasteiger partial charge in [-0.2, -0.15) is 10.1 Å². The summed E-state index contributed by atoms with van der Waals surface area (Å²) in [7, 11) is 0. The van der Waals surface area contributed by atoms with E-state index in [-0.39, 0.29) is 6.04 Å². The topological polar surface area (TPSA) is 81.6 Å². The third-order valence-corrected chi connectivity index (χ3v) is 5.59. The molecule has 29 heavy (non-hydrogen) atoms. The fraction of sp³-hybridized carbons (Fsp3) is 0.0870. The van der Waals surface area contributed by atoms with Crippen LogP contribution in [0.15, 0.2) is 73.1 Å². The molecule has 0 fully saturated rings. The minimum atomic E-state index is 0.132. The van der Waals surface area contributed by atoms with Crippen molar-refractivity contribution in [1.29, 1.82) is 0 Å². The van der Waals surface area contributed by atoms with E-state index in [0.29, 0.717) is 5.95 Å². The quantitative estimate of drug-likeness (QED) is 0.453. The number of benzene rings is 3. The van der Waals surface area contributed by atoms with Gasteiger partial charge in [-0.05, 0) is 52.6 Å². The van der Waals surface area contributed by atoms with Gasteiger partial charge in [0.05, 0.1) is 17.6 Å². The average molecular weight is 378 g/mol. The standard InChI is InChI=1S/C23H18N6/c24-17-7-9-18(10-8-17)27-23-25-12-16-13-26-29(22(16)28-23)20-11-15-5-1-3-14-4-2-6-19(20)21(14)15/h1-10,12-13,20H,11,24H2,(H,25,27,28)/t20-/m0/s1. The molecule has 2 aromatic heterocycles. The van der Waals surface area contributed by atoms with Crippen molar-refractivity contribution >= 4 is 39.1 Å². The molecule has 6 rings (SSSR count). The summed E-state index contributed by atoms with van der Waals surface area (Å²) in [5, 5.41) is 11.5. The van der Waals surface area contributed by atoms with E-state index in [0.717, 1.165) is 28.8 Å². The van der Waals surface area contributed by atoms with Crippen molar-refractivity contribution in [2.45, 2.75) is 12.5 Å². The zero-order valence-electron chi connectivity index (χ0n) is 15.6. The molecule has 0 saturated carbocycles. The average Bonchev–Trinajstić information content (AvgIpc) is 3.32. The molecule has 3 aromatic carbocycles. The zero-order valence-corrected chi connectivity index (χ0v) is 15.6. The number of aromatic nitrogens is 4. The predicted molar refractivity (Wildman–Crippen MR) is 115 cm³/mol. The molecule has 3 N–H and O–H groups in total. The summed E-state index contributed by atoms with van der Waals surface area (Å²) in [5.41, 5.74) is 10.9. The second kappa shape index (κ2) is 6.04. The molecule has 0 spiro atoms. The van der Waals surface area contributed by atoms with Gasteiger partial charge in [0.1, 0.15) is 0 Å². The summed E-state index contributed by atoms with van der Waals surface area (Å²) in [6.07, 6.45) is 4.57. The van der Waals surface area contributed by atoms with Crippen LogP contribution in [0.2, 0.25) is 0 Å². The minimum absolute atomic E-state index is 0.132. The van der Waals surface area contributed by atoms with Crippen LogP contribution in [0.4, 0.5) is 17.3 Å². The van der Waals surface area contributed by atoms with Crippen LogP contribution in [0.5, 0.6) is 0 Å². The van der Waals surface area contributed by atoms with E-state index >= 15 is 0 Å². The molecule has 6 heteroatoms. The van der Waals surface area contributed by atoms with Crippen molar-refractivity contribution in [1.82, 2.24) is 19.7 Å². The number of hydrogen-bond donors (Lipinski definition) is 2. The van der Waals surface area contributed by atoms with E-state index in [4.69, 9.17) is 10.7 Å². The van der Waals surface area contributed by atoms with Crippen LogP contribution in [0, 0.1) is 0 Å². The number of rotatable bonds is 3. The third kappa shape index (κ3) is 2.53. The van der Waals surface area contributed by atoms with E-state index in [1.165, 1.54) is 21.9 Å². The maximum absolute atomic E-state index is 5.77. The monoisotopic (exact) mass is 378 g/mol. The molecule has 2 heterocycles. The molecule has 0 unspecified atom stereocenters. The summed E-state index contributed by atoms with van der Waals surface area (Å²) < 4.78 is 2.03. The van der Waals surface area contributed by atoms with Gasteiger partial charge < -0.3 is 11.1 Å². The first-order valence-electron chi connectivity index (χ1n) is 9.59. The molecule has 6 nitrogen and oxygen atoms in total. The van der Waals surface area contributed by atoms with Crippen LogP contribution in [0.25, 0.3) is 21.8 Å². The van der Waals surface area contributed by atoms with Crippen LogP contribution in [0.3, 0.4) is 0 Å². The molecule has 0 saturated heterocycles. The molecule has 5 aromatic rings. The van der Waals surface area contributed by atoms with E-state index in [2.05, 4.69) is 51.8 Å². The summed E-state index contributed by atoms with van der Waals surface area (Å²) >= 11 is 0. The first-order chi connectivity index (χ1) is 14.3. The van der Waals surface area contributed by atoms with Crippen LogP contribution < -0.4 is 11.1 Å². The maximum atomic E-state index is 5.77. The number of hydrogen-bond acceptors (Lipinski definition) is 5. The van der Waals surface area contributed by atoms with Gasteiger partial charge in [0.25, 0.3) is 0 Å². The molecule has 0 bridgehead atoms. The lowest BCUT2D eigenvalue weighted by atomic mass is 10.0. The van der Waals surface area contributed by atoms with Crippen molar-refractivity contribution in [3.8, 4) is 0 Å². The van der Waals surface area contributed by atoms with Gasteiger partial charge >= 0.3 is 0 Å². The fourth-order valence-electron chi connectivity index (χ4n) is 4.25. The van der Waals surface area contributed by atoms with E-state index < -0.39 is 0 Å². The largest absolute Gasteiger partial charge is 0.399 e. The Hall–Kier alpha value is -3.93. The Balaban J connectivity index is 1.43. The Morgan fingerprint density at radius 2 is 1.76 bits per heavy atom. The molecule has 140 valence electrons. The van der Waals surface area contributed by atoms with Gasteiger partial charge in [0.15, 0.2) is 5.65 Å². The molecule has 0 radical (unpaired) electrons. The molecular weight excluding hydrogens is 360 g/mol. The lowest BCUT2D eigenvalue weighted by molar-refractivity contribution is 0.550. The molecule has 0 amide bonds. The number of nitrogens with two attached hydrogens (primary N) is 1. The van der Waals surface area contributed by atoms with Crippen molar-refractivity contribution in [3.63, 3.8) is 0 Å². The third-order valence-electron chi connectivity index (χ3n) is 5.59. The Morgan fingerprint density at radius 3 is 2.62 bits per heavy atom. The van der Waals surface area contributed by atoms with Crippen LogP contribution in [-0.4, -0.2) is 19.7 Å². The molecule has 1 aliphatic carbocycles. The summed E-state index contributed by atoms with van der Waals surface area (Å²) in [5.74, 6) is 0.540. The van der Waals surface area contributed by atoms with Gasteiger partial charge in [-0.3, -0.25) is 0 Å². The minimum Gasteiger partial charge on any atom is -0.399 e. The van der Waals surface area contributed by atoms with Gasteiger partial charge in [-0.1, -0.05) is 36.4 Å². The fourth-order valence-corrected chi connectivity index (χ4v) is 4.25. The number of fused-ring (bicyclic) bond motifs is 1. The van der Waals surface area contributed by atoms with E-state index in [1.807, 2.05) is 41.3 Å². The summed E-state index contributed by atoms with van der Waals surface area (Å²) in [6, 6.07) is 20.6. The van der Waals surface area contributed by atoms with E-state index in [9.17, 15) is 0 Å². The number of anilines is 3. The zero-order chi connectivity index (χ0) is 19.4. The van der Waals surface area contributed by atoms with Crippen molar-refractivity contribution in [2.24, 2.45) is 0 Å². The predicted octanol–water partition coefficient (Wildman–Crippen LogP) is 4.45. The normalized spacial score (nSPS) is 15.2. The first-order valence-corrected chi connectivity index (χ1v) is 9.59. The Kier molecular flexibility index (Phi) is 3.34. The Labute approximate surface area is 167 Å². The van der Waals surface area contributed by atoms with Crippen LogP contribution >= 0.6 is 0 Å².